The van der Waals surface area contributed by atoms with Gasteiger partial charge in [-0.1, -0.05) is 43.2 Å². The van der Waals surface area contributed by atoms with Crippen LogP contribution < -0.4 is 10.6 Å². The first-order valence-corrected chi connectivity index (χ1v) is 11.3. The molecule has 1 aromatic carbocycles. The Morgan fingerprint density at radius 1 is 1.03 bits per heavy atom. The quantitative estimate of drug-likeness (QED) is 0.575. The molecule has 0 aliphatic carbocycles. The largest absolute Gasteiger partial charge is 0.444 e. The third-order valence-electron chi connectivity index (χ3n) is 4.79. The van der Waals surface area contributed by atoms with Crippen molar-refractivity contribution in [2.45, 2.75) is 98.4 Å². The van der Waals surface area contributed by atoms with Gasteiger partial charge in [-0.2, -0.15) is 0 Å². The molecular weight excluding hydrogens is 406 g/mol. The van der Waals surface area contributed by atoms with Crippen molar-refractivity contribution in [3.8, 4) is 0 Å². The molecule has 0 aliphatic rings. The molecule has 0 aliphatic heterocycles. The minimum atomic E-state index is -0.875. The van der Waals surface area contributed by atoms with Gasteiger partial charge in [0, 0.05) is 12.1 Å². The first-order chi connectivity index (χ1) is 14.7. The van der Waals surface area contributed by atoms with Crippen LogP contribution in [0.15, 0.2) is 24.3 Å². The van der Waals surface area contributed by atoms with Crippen LogP contribution in [0.4, 0.5) is 4.79 Å². The van der Waals surface area contributed by atoms with Gasteiger partial charge in [0.05, 0.1) is 0 Å². The van der Waals surface area contributed by atoms with Crippen LogP contribution in [-0.4, -0.2) is 46.5 Å². The Kier molecular flexibility index (Phi) is 9.73. The van der Waals surface area contributed by atoms with E-state index in [0.29, 0.717) is 6.54 Å². The third kappa shape index (κ3) is 8.52. The summed E-state index contributed by atoms with van der Waals surface area (Å²) >= 11 is 0. The van der Waals surface area contributed by atoms with E-state index >= 15 is 0 Å². The number of carbonyl (C=O) groups is 3. The summed E-state index contributed by atoms with van der Waals surface area (Å²) in [6, 6.07) is 5.89. The molecule has 0 saturated carbocycles. The van der Waals surface area contributed by atoms with E-state index in [-0.39, 0.29) is 11.8 Å². The number of alkyl carbamates (subject to hydrolysis) is 1. The summed E-state index contributed by atoms with van der Waals surface area (Å²) in [6.45, 7) is 17.1. The summed E-state index contributed by atoms with van der Waals surface area (Å²) in [6.07, 6.45) is 1.13. The highest BCUT2D eigenvalue weighted by Gasteiger charge is 2.40. The van der Waals surface area contributed by atoms with Crippen molar-refractivity contribution in [2.75, 3.05) is 6.54 Å². The second-order valence-corrected chi connectivity index (χ2v) is 10.2. The molecule has 0 bridgehead atoms. The van der Waals surface area contributed by atoms with Gasteiger partial charge < -0.3 is 20.3 Å². The van der Waals surface area contributed by atoms with Crippen LogP contribution in [0.25, 0.3) is 0 Å². The zero-order valence-corrected chi connectivity index (χ0v) is 21.2. The molecule has 7 nitrogen and oxygen atoms in total. The molecule has 0 heterocycles. The van der Waals surface area contributed by atoms with Gasteiger partial charge in [0.2, 0.25) is 11.8 Å². The maximum atomic E-state index is 13.6. The zero-order valence-electron chi connectivity index (χ0n) is 21.2. The molecule has 0 saturated heterocycles. The van der Waals surface area contributed by atoms with Crippen LogP contribution >= 0.6 is 0 Å². The van der Waals surface area contributed by atoms with Crippen molar-refractivity contribution in [1.82, 2.24) is 15.5 Å². The lowest BCUT2D eigenvalue weighted by Gasteiger charge is -2.42. The predicted octanol–water partition coefficient (Wildman–Crippen LogP) is 4.49. The summed E-state index contributed by atoms with van der Waals surface area (Å²) in [5, 5.41) is 5.58. The van der Waals surface area contributed by atoms with Gasteiger partial charge in [0.15, 0.2) is 0 Å². The molecule has 1 rings (SSSR count). The Bertz CT molecular complexity index is 776. The van der Waals surface area contributed by atoms with E-state index in [1.54, 1.807) is 32.6 Å². The van der Waals surface area contributed by atoms with Crippen molar-refractivity contribution >= 4 is 17.9 Å². The Balaban J connectivity index is 3.30. The third-order valence-corrected chi connectivity index (χ3v) is 4.79. The average Bonchev–Trinajstić information content (AvgIpc) is 2.63. The number of carbonyl (C=O) groups excluding carboxylic acids is 3. The van der Waals surface area contributed by atoms with Gasteiger partial charge in [0.1, 0.15) is 17.7 Å². The first-order valence-electron chi connectivity index (χ1n) is 11.3. The lowest BCUT2D eigenvalue weighted by Crippen LogP contribution is -2.58. The maximum absolute atomic E-state index is 13.6. The fraction of sp³-hybridized carbons (Fsp3) is 0.640. The molecule has 2 unspecified atom stereocenters. The lowest BCUT2D eigenvalue weighted by atomic mass is 9.95. The zero-order chi connectivity index (χ0) is 24.7. The lowest BCUT2D eigenvalue weighted by molar-refractivity contribution is -0.148. The molecule has 2 atom stereocenters. The normalized spacial score (nSPS) is 13.7. The van der Waals surface area contributed by atoms with E-state index in [9.17, 15) is 14.4 Å². The molecular formula is C25H41N3O4. The number of unbranched alkanes of at least 4 members (excludes halogenated alkanes) is 1. The minimum Gasteiger partial charge on any atom is -0.444 e. The molecule has 3 amide bonds. The molecule has 1 aromatic rings. The first kappa shape index (κ1) is 27.5. The number of benzene rings is 1. The van der Waals surface area contributed by atoms with Crippen molar-refractivity contribution < 1.29 is 19.1 Å². The molecule has 0 spiro atoms. The topological polar surface area (TPSA) is 87.7 Å². The Morgan fingerprint density at radius 3 is 2.06 bits per heavy atom. The Hall–Kier alpha value is -2.57. The standard InChI is InChI=1S/C25H41N3O4/c1-10-11-16-26-21(29)20(19-14-12-17(2)13-15-19)28(24(4,5)6)22(30)18(3)27-23(31)32-25(7,8)9/h12-15,18,20H,10-11,16H2,1-9H3,(H,26,29)(H,27,31). The molecule has 0 aromatic heterocycles. The van der Waals surface area contributed by atoms with E-state index in [0.717, 1.165) is 24.0 Å². The van der Waals surface area contributed by atoms with E-state index in [2.05, 4.69) is 17.6 Å². The van der Waals surface area contributed by atoms with Gasteiger partial charge in [-0.05, 0) is 67.4 Å². The van der Waals surface area contributed by atoms with Gasteiger partial charge in [-0.25, -0.2) is 4.79 Å². The van der Waals surface area contributed by atoms with Crippen LogP contribution in [0.5, 0.6) is 0 Å². The number of ether oxygens (including phenoxy) is 1. The molecule has 0 radical (unpaired) electrons. The van der Waals surface area contributed by atoms with Crippen LogP contribution in [0, 0.1) is 6.92 Å². The van der Waals surface area contributed by atoms with Crippen LogP contribution in [0.3, 0.4) is 0 Å². The van der Waals surface area contributed by atoms with Gasteiger partial charge in [-0.15, -0.1) is 0 Å². The van der Waals surface area contributed by atoms with Crippen LogP contribution in [-0.2, 0) is 14.3 Å². The fourth-order valence-corrected chi connectivity index (χ4v) is 3.25. The highest BCUT2D eigenvalue weighted by molar-refractivity contribution is 5.92. The van der Waals surface area contributed by atoms with Crippen LogP contribution in [0.2, 0.25) is 0 Å². The van der Waals surface area contributed by atoms with Gasteiger partial charge in [-0.3, -0.25) is 9.59 Å². The fourth-order valence-electron chi connectivity index (χ4n) is 3.25. The number of hydrogen-bond donors (Lipinski definition) is 2. The van der Waals surface area contributed by atoms with E-state index < -0.39 is 29.3 Å². The van der Waals surface area contributed by atoms with Crippen molar-refractivity contribution in [2.24, 2.45) is 0 Å². The van der Waals surface area contributed by atoms with E-state index in [1.807, 2.05) is 52.0 Å². The van der Waals surface area contributed by atoms with Gasteiger partial charge in [0.25, 0.3) is 0 Å². The average molecular weight is 448 g/mol. The molecule has 7 heteroatoms. The maximum Gasteiger partial charge on any atom is 0.408 e. The predicted molar refractivity (Wildman–Crippen MR) is 127 cm³/mol. The number of amides is 3. The number of nitrogens with zero attached hydrogens (tertiary/aromatic N) is 1. The number of rotatable bonds is 8. The van der Waals surface area contributed by atoms with Gasteiger partial charge >= 0.3 is 6.09 Å². The molecule has 2 N–H and O–H groups in total. The Morgan fingerprint density at radius 2 is 1.59 bits per heavy atom. The molecule has 0 fully saturated rings. The number of hydrogen-bond acceptors (Lipinski definition) is 4. The summed E-state index contributed by atoms with van der Waals surface area (Å²) in [4.78, 5) is 40.7. The summed E-state index contributed by atoms with van der Waals surface area (Å²) in [5.41, 5.74) is 0.420. The minimum absolute atomic E-state index is 0.241. The molecule has 180 valence electrons. The summed E-state index contributed by atoms with van der Waals surface area (Å²) in [5.74, 6) is -0.602. The van der Waals surface area contributed by atoms with Crippen molar-refractivity contribution in [3.05, 3.63) is 35.4 Å². The Labute approximate surface area is 193 Å². The second-order valence-electron chi connectivity index (χ2n) is 10.2. The van der Waals surface area contributed by atoms with Crippen molar-refractivity contribution in [1.29, 1.82) is 0 Å². The van der Waals surface area contributed by atoms with Crippen LogP contribution in [0.1, 0.15) is 85.4 Å². The second kappa shape index (κ2) is 11.3. The van der Waals surface area contributed by atoms with E-state index in [4.69, 9.17) is 4.74 Å². The summed E-state index contributed by atoms with van der Waals surface area (Å²) < 4.78 is 5.30. The molecule has 32 heavy (non-hydrogen) atoms. The smallest absolute Gasteiger partial charge is 0.408 e. The SMILES string of the molecule is CCCCNC(=O)C(c1ccc(C)cc1)N(C(=O)C(C)NC(=O)OC(C)(C)C)C(C)(C)C. The summed E-state index contributed by atoms with van der Waals surface area (Å²) in [7, 11) is 0. The highest BCUT2D eigenvalue weighted by atomic mass is 16.6. The number of nitrogens with one attached hydrogen (secondary N) is 2. The van der Waals surface area contributed by atoms with Crippen molar-refractivity contribution in [3.63, 3.8) is 0 Å². The highest BCUT2D eigenvalue weighted by Crippen LogP contribution is 2.30. The monoisotopic (exact) mass is 447 g/mol. The van der Waals surface area contributed by atoms with E-state index in [1.165, 1.54) is 0 Å². The number of aryl methyl sites for hydroxylation is 1.